The average molecular weight is 531 g/mol. The van der Waals surface area contributed by atoms with Crippen molar-refractivity contribution in [2.75, 3.05) is 20.8 Å². The summed E-state index contributed by atoms with van der Waals surface area (Å²) in [4.78, 5) is 38.1. The fourth-order valence-electron chi connectivity index (χ4n) is 3.07. The molecule has 3 rings (SSSR count). The maximum absolute atomic E-state index is 12.1. The lowest BCUT2D eigenvalue weighted by atomic mass is 10.2. The number of methoxy groups -OCH3 is 2. The SMILES string of the molecule is COc1cc(Oc2ccc([N+](=O)[O-])cc2[N+](=O)[O-])cc(OC)c1OCCCC(=O)On1ccccc1=S. The summed E-state index contributed by atoms with van der Waals surface area (Å²) in [5, 5.41) is 22.4. The lowest BCUT2D eigenvalue weighted by Crippen LogP contribution is -2.20. The van der Waals surface area contributed by atoms with Gasteiger partial charge in [-0.05, 0) is 24.6 Å². The molecule has 0 atom stereocenters. The largest absolute Gasteiger partial charge is 0.493 e. The van der Waals surface area contributed by atoms with E-state index in [1.807, 2.05) is 0 Å². The number of nitrogens with zero attached hydrogens (tertiary/aromatic N) is 3. The molecule has 0 saturated heterocycles. The summed E-state index contributed by atoms with van der Waals surface area (Å²) in [5.74, 6) is -0.0202. The van der Waals surface area contributed by atoms with Gasteiger partial charge in [0.25, 0.3) is 5.69 Å². The van der Waals surface area contributed by atoms with E-state index in [0.717, 1.165) is 18.2 Å². The number of non-ortho nitro benzene ring substituents is 1. The van der Waals surface area contributed by atoms with E-state index in [-0.39, 0.29) is 41.8 Å². The van der Waals surface area contributed by atoms with E-state index >= 15 is 0 Å². The van der Waals surface area contributed by atoms with Crippen molar-refractivity contribution in [1.29, 1.82) is 0 Å². The Labute approximate surface area is 215 Å². The van der Waals surface area contributed by atoms with Gasteiger partial charge in [0.15, 0.2) is 11.5 Å². The van der Waals surface area contributed by atoms with Crippen LogP contribution in [0, 0.1) is 24.9 Å². The van der Waals surface area contributed by atoms with E-state index in [0.29, 0.717) is 11.1 Å². The second-order valence-corrected chi connectivity index (χ2v) is 7.62. The van der Waals surface area contributed by atoms with Crippen molar-refractivity contribution in [2.24, 2.45) is 0 Å². The molecule has 0 radical (unpaired) electrons. The summed E-state index contributed by atoms with van der Waals surface area (Å²) < 4.78 is 23.6. The van der Waals surface area contributed by atoms with E-state index < -0.39 is 27.2 Å². The Kier molecular flexibility index (Phi) is 8.94. The van der Waals surface area contributed by atoms with Crippen LogP contribution in [-0.2, 0) is 4.79 Å². The van der Waals surface area contributed by atoms with Crippen molar-refractivity contribution in [2.45, 2.75) is 12.8 Å². The van der Waals surface area contributed by atoms with Crippen molar-refractivity contribution in [3.05, 3.63) is 79.6 Å². The lowest BCUT2D eigenvalue weighted by Gasteiger charge is -2.16. The van der Waals surface area contributed by atoms with Crippen LogP contribution in [0.25, 0.3) is 0 Å². The monoisotopic (exact) mass is 531 g/mol. The first-order valence-electron chi connectivity index (χ1n) is 10.6. The quantitative estimate of drug-likeness (QED) is 0.139. The zero-order chi connectivity index (χ0) is 26.9. The highest BCUT2D eigenvalue weighted by Crippen LogP contribution is 2.43. The molecule has 1 heterocycles. The van der Waals surface area contributed by atoms with Gasteiger partial charge in [-0.3, -0.25) is 20.2 Å². The molecule has 0 saturated carbocycles. The minimum absolute atomic E-state index is 0.0479. The van der Waals surface area contributed by atoms with Crippen LogP contribution in [0.2, 0.25) is 0 Å². The van der Waals surface area contributed by atoms with Crippen LogP contribution in [0.5, 0.6) is 28.7 Å². The van der Waals surface area contributed by atoms with Crippen LogP contribution < -0.4 is 23.8 Å². The first kappa shape index (κ1) is 26.9. The van der Waals surface area contributed by atoms with Gasteiger partial charge in [-0.15, -0.1) is 0 Å². The summed E-state index contributed by atoms with van der Waals surface area (Å²) in [7, 11) is 2.75. The number of carbonyl (C=O) groups excluding carboxylic acids is 1. The number of ether oxygens (including phenoxy) is 4. The van der Waals surface area contributed by atoms with Crippen molar-refractivity contribution in [3.8, 4) is 28.7 Å². The van der Waals surface area contributed by atoms with Crippen LogP contribution in [0.4, 0.5) is 11.4 Å². The molecule has 0 amide bonds. The van der Waals surface area contributed by atoms with E-state index in [1.165, 1.54) is 37.3 Å². The molecular formula is C23H21N3O10S. The van der Waals surface area contributed by atoms with Crippen LogP contribution in [-0.4, -0.2) is 41.4 Å². The van der Waals surface area contributed by atoms with Gasteiger partial charge in [-0.1, -0.05) is 18.3 Å². The Hall–Kier alpha value is -4.72. The fourth-order valence-corrected chi connectivity index (χ4v) is 3.24. The van der Waals surface area contributed by atoms with Gasteiger partial charge < -0.3 is 23.8 Å². The van der Waals surface area contributed by atoms with E-state index in [2.05, 4.69) is 0 Å². The number of aromatic nitrogens is 1. The van der Waals surface area contributed by atoms with Gasteiger partial charge in [0.05, 0.1) is 43.2 Å². The van der Waals surface area contributed by atoms with Gasteiger partial charge in [-0.2, -0.15) is 4.73 Å². The lowest BCUT2D eigenvalue weighted by molar-refractivity contribution is -0.394. The van der Waals surface area contributed by atoms with Crippen LogP contribution in [0.1, 0.15) is 12.8 Å². The topological polar surface area (TPSA) is 154 Å². The minimum atomic E-state index is -0.787. The number of benzene rings is 2. The molecule has 194 valence electrons. The van der Waals surface area contributed by atoms with Gasteiger partial charge in [-0.25, -0.2) is 4.79 Å². The molecule has 0 aliphatic heterocycles. The summed E-state index contributed by atoms with van der Waals surface area (Å²) in [6.45, 7) is 0.107. The van der Waals surface area contributed by atoms with Gasteiger partial charge in [0, 0.05) is 24.4 Å². The summed E-state index contributed by atoms with van der Waals surface area (Å²) in [6, 6.07) is 10.9. The number of nitro benzene ring substituents is 2. The third-order valence-corrected chi connectivity index (χ3v) is 5.09. The number of hydrogen-bond donors (Lipinski definition) is 0. The first-order valence-corrected chi connectivity index (χ1v) is 11.0. The Morgan fingerprint density at radius 3 is 2.27 bits per heavy atom. The Bertz CT molecular complexity index is 1350. The molecular weight excluding hydrogens is 510 g/mol. The maximum Gasteiger partial charge on any atom is 0.333 e. The van der Waals surface area contributed by atoms with E-state index in [1.54, 1.807) is 18.2 Å². The van der Waals surface area contributed by atoms with Crippen molar-refractivity contribution in [1.82, 2.24) is 4.73 Å². The number of nitro groups is 2. The first-order chi connectivity index (χ1) is 17.7. The molecule has 0 aliphatic rings. The van der Waals surface area contributed by atoms with Crippen molar-refractivity contribution in [3.63, 3.8) is 0 Å². The number of pyridine rings is 1. The molecule has 0 aliphatic carbocycles. The minimum Gasteiger partial charge on any atom is -0.493 e. The Balaban J connectivity index is 1.70. The number of hydrogen-bond acceptors (Lipinski definition) is 11. The normalized spacial score (nSPS) is 10.3. The van der Waals surface area contributed by atoms with E-state index in [9.17, 15) is 25.0 Å². The molecule has 0 fully saturated rings. The standard InChI is InChI=1S/C23H21N3O10S/c1-32-19-13-16(35-18-9-8-15(25(28)29)12-17(18)26(30)31)14-20(33-2)23(19)34-11-5-7-22(27)36-24-10-4-3-6-21(24)37/h3-4,6,8-10,12-14H,5,7,11H2,1-2H3. The van der Waals surface area contributed by atoms with Crippen LogP contribution in [0.15, 0.2) is 54.7 Å². The molecule has 3 aromatic rings. The van der Waals surface area contributed by atoms with Crippen molar-refractivity contribution < 1.29 is 38.4 Å². The number of rotatable bonds is 12. The second kappa shape index (κ2) is 12.3. The molecule has 37 heavy (non-hydrogen) atoms. The summed E-state index contributed by atoms with van der Waals surface area (Å²) in [6.07, 6.45) is 1.88. The predicted octanol–water partition coefficient (Wildman–Crippen LogP) is 4.66. The van der Waals surface area contributed by atoms with Gasteiger partial charge in [0.2, 0.25) is 11.5 Å². The number of carbonyl (C=O) groups is 1. The second-order valence-electron chi connectivity index (χ2n) is 7.21. The van der Waals surface area contributed by atoms with Crippen molar-refractivity contribution >= 4 is 29.6 Å². The summed E-state index contributed by atoms with van der Waals surface area (Å²) >= 11 is 5.08. The van der Waals surface area contributed by atoms with Crippen LogP contribution >= 0.6 is 12.2 Å². The molecule has 0 unspecified atom stereocenters. The zero-order valence-corrected chi connectivity index (χ0v) is 20.5. The maximum atomic E-state index is 12.1. The highest BCUT2D eigenvalue weighted by atomic mass is 32.1. The third-order valence-electron chi connectivity index (χ3n) is 4.77. The summed E-state index contributed by atoms with van der Waals surface area (Å²) in [5.41, 5.74) is -1.04. The molecule has 13 nitrogen and oxygen atoms in total. The van der Waals surface area contributed by atoms with Gasteiger partial charge >= 0.3 is 11.7 Å². The Morgan fingerprint density at radius 2 is 1.68 bits per heavy atom. The smallest absolute Gasteiger partial charge is 0.333 e. The molecule has 0 bridgehead atoms. The van der Waals surface area contributed by atoms with Gasteiger partial charge in [0.1, 0.15) is 10.4 Å². The molecule has 2 aromatic carbocycles. The molecule has 0 spiro atoms. The fraction of sp³-hybridized carbons (Fsp3) is 0.217. The highest BCUT2D eigenvalue weighted by molar-refractivity contribution is 7.71. The Morgan fingerprint density at radius 1 is 0.973 bits per heavy atom. The van der Waals surface area contributed by atoms with Crippen LogP contribution in [0.3, 0.4) is 0 Å². The predicted molar refractivity (Wildman–Crippen MR) is 131 cm³/mol. The third kappa shape index (κ3) is 6.91. The molecule has 0 N–H and O–H groups in total. The zero-order valence-electron chi connectivity index (χ0n) is 19.6. The van der Waals surface area contributed by atoms with E-state index in [4.69, 9.17) is 36.0 Å². The highest BCUT2D eigenvalue weighted by Gasteiger charge is 2.23. The average Bonchev–Trinajstić information content (AvgIpc) is 2.88. The molecule has 14 heteroatoms. The molecule has 1 aromatic heterocycles.